The maximum atomic E-state index is 12.9. The second-order valence-corrected chi connectivity index (χ2v) is 7.68. The van der Waals surface area contributed by atoms with Crippen LogP contribution in [-0.4, -0.2) is 51.5 Å². The number of hydrogen-bond donors (Lipinski definition) is 1. The van der Waals surface area contributed by atoms with Crippen LogP contribution in [0.3, 0.4) is 0 Å². The van der Waals surface area contributed by atoms with Crippen LogP contribution in [-0.2, 0) is 0 Å². The Labute approximate surface area is 145 Å². The van der Waals surface area contributed by atoms with Gasteiger partial charge in [-0.25, -0.2) is 4.68 Å². The Balaban J connectivity index is 1.66. The maximum absolute atomic E-state index is 12.9. The molecule has 1 unspecified atom stereocenters. The predicted octanol–water partition coefficient (Wildman–Crippen LogP) is 2.63. The van der Waals surface area contributed by atoms with Gasteiger partial charge in [0.05, 0.1) is 12.2 Å². The average Bonchev–Trinajstić information content (AvgIpc) is 3.10. The van der Waals surface area contributed by atoms with Crippen LogP contribution in [0.4, 0.5) is 0 Å². The van der Waals surface area contributed by atoms with Crippen molar-refractivity contribution in [3.63, 3.8) is 0 Å². The number of hydrogen-bond acceptors (Lipinski definition) is 4. The summed E-state index contributed by atoms with van der Waals surface area (Å²) in [5, 5.41) is 11.8. The Kier molecular flexibility index (Phi) is 5.87. The molecule has 0 spiro atoms. The third-order valence-corrected chi connectivity index (χ3v) is 5.38. The Morgan fingerprint density at radius 2 is 2.08 bits per heavy atom. The Hall–Kier alpha value is -1.43. The molecule has 3 rings (SSSR count). The van der Waals surface area contributed by atoms with E-state index in [1.165, 1.54) is 12.8 Å². The fourth-order valence-electron chi connectivity index (χ4n) is 3.87. The molecular formula is C18H31N5O. The van der Waals surface area contributed by atoms with Crippen molar-refractivity contribution in [1.29, 1.82) is 0 Å². The van der Waals surface area contributed by atoms with Crippen molar-refractivity contribution in [3.05, 3.63) is 11.9 Å². The first kappa shape index (κ1) is 17.4. The van der Waals surface area contributed by atoms with Crippen molar-refractivity contribution < 1.29 is 4.79 Å². The second-order valence-electron chi connectivity index (χ2n) is 7.68. The minimum absolute atomic E-state index is 0.0728. The molecule has 2 aliphatic rings. The van der Waals surface area contributed by atoms with Gasteiger partial charge in [0.2, 0.25) is 0 Å². The lowest BCUT2D eigenvalue weighted by Crippen LogP contribution is -2.44. The van der Waals surface area contributed by atoms with Crippen LogP contribution in [0.5, 0.6) is 0 Å². The zero-order chi connectivity index (χ0) is 16.9. The molecule has 1 N–H and O–H groups in total. The SMILES string of the molecule is CC(C)CCC1CCCCN1C(=O)c1cn(C2CCNCC2)nn1. The highest BCUT2D eigenvalue weighted by Crippen LogP contribution is 2.24. The van der Waals surface area contributed by atoms with Crippen molar-refractivity contribution >= 4 is 5.91 Å². The number of aromatic nitrogens is 3. The summed E-state index contributed by atoms with van der Waals surface area (Å²) in [5.74, 6) is 0.758. The summed E-state index contributed by atoms with van der Waals surface area (Å²) in [7, 11) is 0. The molecule has 6 heteroatoms. The molecule has 1 amide bonds. The highest BCUT2D eigenvalue weighted by molar-refractivity contribution is 5.92. The standard InChI is InChI=1S/C18H31N5O/c1-14(2)6-7-15-5-3-4-12-22(15)18(24)17-13-23(21-20-17)16-8-10-19-11-9-16/h13-16,19H,3-12H2,1-2H3. The normalized spacial score (nSPS) is 23.0. The molecule has 1 aromatic rings. The van der Waals surface area contributed by atoms with E-state index in [0.717, 1.165) is 51.7 Å². The van der Waals surface area contributed by atoms with Crippen molar-refractivity contribution in [2.24, 2.45) is 5.92 Å². The summed E-state index contributed by atoms with van der Waals surface area (Å²) in [6.07, 6.45) is 9.71. The number of piperidine rings is 2. The van der Waals surface area contributed by atoms with Gasteiger partial charge >= 0.3 is 0 Å². The van der Waals surface area contributed by atoms with Crippen LogP contribution in [0, 0.1) is 5.92 Å². The third kappa shape index (κ3) is 4.15. The molecule has 2 fully saturated rings. The van der Waals surface area contributed by atoms with Gasteiger partial charge in [-0.3, -0.25) is 4.79 Å². The van der Waals surface area contributed by atoms with E-state index in [-0.39, 0.29) is 5.91 Å². The first-order chi connectivity index (χ1) is 11.6. The minimum Gasteiger partial charge on any atom is -0.334 e. The van der Waals surface area contributed by atoms with Gasteiger partial charge < -0.3 is 10.2 Å². The highest BCUT2D eigenvalue weighted by atomic mass is 16.2. The molecule has 6 nitrogen and oxygen atoms in total. The molecule has 0 radical (unpaired) electrons. The van der Waals surface area contributed by atoms with E-state index in [0.29, 0.717) is 23.7 Å². The molecule has 24 heavy (non-hydrogen) atoms. The van der Waals surface area contributed by atoms with Crippen molar-refractivity contribution in [2.45, 2.75) is 70.9 Å². The number of nitrogens with zero attached hydrogens (tertiary/aromatic N) is 4. The second kappa shape index (κ2) is 8.10. The van der Waals surface area contributed by atoms with Gasteiger partial charge in [-0.15, -0.1) is 5.10 Å². The molecule has 0 aromatic carbocycles. The molecule has 2 aliphatic heterocycles. The molecule has 1 atom stereocenters. The quantitative estimate of drug-likeness (QED) is 0.900. The molecular weight excluding hydrogens is 302 g/mol. The summed E-state index contributed by atoms with van der Waals surface area (Å²) in [5.41, 5.74) is 0.518. The van der Waals surface area contributed by atoms with Gasteiger partial charge in [0, 0.05) is 12.6 Å². The predicted molar refractivity (Wildman–Crippen MR) is 93.9 cm³/mol. The van der Waals surface area contributed by atoms with Crippen LogP contribution < -0.4 is 5.32 Å². The van der Waals surface area contributed by atoms with E-state index in [1.807, 2.05) is 10.9 Å². The van der Waals surface area contributed by atoms with E-state index in [4.69, 9.17) is 0 Å². The fourth-order valence-corrected chi connectivity index (χ4v) is 3.87. The van der Waals surface area contributed by atoms with Crippen LogP contribution in [0.25, 0.3) is 0 Å². The zero-order valence-electron chi connectivity index (χ0n) is 15.1. The van der Waals surface area contributed by atoms with Gasteiger partial charge in [-0.05, 0) is 64.0 Å². The van der Waals surface area contributed by atoms with E-state index in [2.05, 4.69) is 34.4 Å². The number of likely N-dealkylation sites (tertiary alicyclic amines) is 1. The summed E-state index contributed by atoms with van der Waals surface area (Å²) >= 11 is 0. The highest BCUT2D eigenvalue weighted by Gasteiger charge is 2.29. The van der Waals surface area contributed by atoms with Gasteiger partial charge in [0.1, 0.15) is 0 Å². The summed E-state index contributed by atoms with van der Waals surface area (Å²) in [6, 6.07) is 0.746. The van der Waals surface area contributed by atoms with Crippen LogP contribution in [0.1, 0.15) is 75.3 Å². The molecule has 0 saturated carbocycles. The minimum atomic E-state index is 0.0728. The Bertz CT molecular complexity index is 535. The monoisotopic (exact) mass is 333 g/mol. The summed E-state index contributed by atoms with van der Waals surface area (Å²) in [4.78, 5) is 15.0. The molecule has 1 aromatic heterocycles. The lowest BCUT2D eigenvalue weighted by atomic mass is 9.94. The van der Waals surface area contributed by atoms with Crippen molar-refractivity contribution in [3.8, 4) is 0 Å². The van der Waals surface area contributed by atoms with E-state index in [1.54, 1.807) is 0 Å². The van der Waals surface area contributed by atoms with Crippen LogP contribution in [0.15, 0.2) is 6.20 Å². The topological polar surface area (TPSA) is 63.1 Å². The number of nitrogens with one attached hydrogen (secondary N) is 1. The molecule has 0 aliphatic carbocycles. The fraction of sp³-hybridized carbons (Fsp3) is 0.833. The molecule has 3 heterocycles. The molecule has 2 saturated heterocycles. The van der Waals surface area contributed by atoms with Gasteiger partial charge in [0.25, 0.3) is 5.91 Å². The van der Waals surface area contributed by atoms with Gasteiger partial charge in [0.15, 0.2) is 5.69 Å². The van der Waals surface area contributed by atoms with Crippen LogP contribution >= 0.6 is 0 Å². The van der Waals surface area contributed by atoms with Crippen molar-refractivity contribution in [2.75, 3.05) is 19.6 Å². The first-order valence-electron chi connectivity index (χ1n) is 9.58. The lowest BCUT2D eigenvalue weighted by Gasteiger charge is -2.35. The van der Waals surface area contributed by atoms with Gasteiger partial charge in [-0.1, -0.05) is 19.1 Å². The molecule has 134 valence electrons. The van der Waals surface area contributed by atoms with Crippen molar-refractivity contribution in [1.82, 2.24) is 25.2 Å². The van der Waals surface area contributed by atoms with Gasteiger partial charge in [-0.2, -0.15) is 0 Å². The van der Waals surface area contributed by atoms with E-state index >= 15 is 0 Å². The van der Waals surface area contributed by atoms with Crippen LogP contribution in [0.2, 0.25) is 0 Å². The van der Waals surface area contributed by atoms with E-state index < -0.39 is 0 Å². The largest absolute Gasteiger partial charge is 0.334 e. The molecule has 0 bridgehead atoms. The summed E-state index contributed by atoms with van der Waals surface area (Å²) < 4.78 is 1.90. The average molecular weight is 333 g/mol. The number of carbonyl (C=O) groups is 1. The first-order valence-corrected chi connectivity index (χ1v) is 9.58. The Morgan fingerprint density at radius 3 is 2.83 bits per heavy atom. The lowest BCUT2D eigenvalue weighted by molar-refractivity contribution is 0.0587. The number of amides is 1. The maximum Gasteiger partial charge on any atom is 0.276 e. The smallest absolute Gasteiger partial charge is 0.276 e. The number of rotatable bonds is 5. The zero-order valence-corrected chi connectivity index (χ0v) is 15.1. The third-order valence-electron chi connectivity index (χ3n) is 5.38. The van der Waals surface area contributed by atoms with E-state index in [9.17, 15) is 4.79 Å². The number of carbonyl (C=O) groups excluding carboxylic acids is 1. The summed E-state index contributed by atoms with van der Waals surface area (Å²) in [6.45, 7) is 7.38. The Morgan fingerprint density at radius 1 is 1.29 bits per heavy atom.